The molecular weight excluding hydrogens is 252 g/mol. The minimum absolute atomic E-state index is 0.142. The lowest BCUT2D eigenvalue weighted by Gasteiger charge is -2.19. The van der Waals surface area contributed by atoms with Gasteiger partial charge in [-0.25, -0.2) is 4.79 Å². The molecule has 1 aromatic heterocycles. The van der Waals surface area contributed by atoms with E-state index >= 15 is 0 Å². The monoisotopic (exact) mass is 266 g/mol. The molecule has 0 aliphatic heterocycles. The van der Waals surface area contributed by atoms with E-state index in [1.807, 2.05) is 20.8 Å². The molecule has 0 aliphatic rings. The van der Waals surface area contributed by atoms with Crippen LogP contribution in [0, 0.1) is 5.41 Å². The number of H-pyrrole nitrogens is 1. The largest absolute Gasteiger partial charge is 0.328 e. The van der Waals surface area contributed by atoms with Gasteiger partial charge < -0.3 is 4.98 Å². The molecule has 0 spiro atoms. The van der Waals surface area contributed by atoms with Crippen molar-refractivity contribution >= 4 is 22.5 Å². The van der Waals surface area contributed by atoms with Gasteiger partial charge >= 0.3 is 5.69 Å². The van der Waals surface area contributed by atoms with E-state index in [0.29, 0.717) is 22.5 Å². The smallest absolute Gasteiger partial charge is 0.307 e. The topological polar surface area (TPSA) is 54.9 Å². The van der Waals surface area contributed by atoms with Crippen LogP contribution in [0.4, 0.5) is 0 Å². The standard InChI is InChI=1S/C13H15ClN2O2/c1-13(2,3)7-16-11(17)9-5-4-8(14)6-10(9)15-12(16)18/h4-6H,7H2,1-3H3,(H,15,18). The number of benzene rings is 1. The molecular formula is C13H15ClN2O2. The van der Waals surface area contributed by atoms with E-state index in [1.54, 1.807) is 18.2 Å². The molecule has 0 amide bonds. The van der Waals surface area contributed by atoms with E-state index in [-0.39, 0.29) is 11.0 Å². The van der Waals surface area contributed by atoms with Gasteiger partial charge in [-0.15, -0.1) is 0 Å². The maximum absolute atomic E-state index is 12.2. The fourth-order valence-electron chi connectivity index (χ4n) is 1.84. The van der Waals surface area contributed by atoms with Crippen molar-refractivity contribution in [2.24, 2.45) is 5.41 Å². The maximum atomic E-state index is 12.2. The Morgan fingerprint density at radius 2 is 1.94 bits per heavy atom. The summed E-state index contributed by atoms with van der Waals surface area (Å²) in [6.45, 7) is 6.31. The molecule has 1 aromatic carbocycles. The summed E-state index contributed by atoms with van der Waals surface area (Å²) in [5.74, 6) is 0. The molecule has 0 saturated carbocycles. The van der Waals surface area contributed by atoms with E-state index in [4.69, 9.17) is 11.6 Å². The first-order valence-electron chi connectivity index (χ1n) is 5.70. The predicted molar refractivity (Wildman–Crippen MR) is 73.3 cm³/mol. The Bertz CT molecular complexity index is 707. The molecule has 2 rings (SSSR count). The van der Waals surface area contributed by atoms with Gasteiger partial charge in [-0.1, -0.05) is 32.4 Å². The molecule has 4 nitrogen and oxygen atoms in total. The fraction of sp³-hybridized carbons (Fsp3) is 0.385. The molecule has 96 valence electrons. The Labute approximate surface area is 109 Å². The number of rotatable bonds is 1. The Morgan fingerprint density at radius 1 is 1.28 bits per heavy atom. The minimum atomic E-state index is -0.398. The summed E-state index contributed by atoms with van der Waals surface area (Å²) in [6, 6.07) is 4.86. The van der Waals surface area contributed by atoms with Crippen LogP contribution >= 0.6 is 11.6 Å². The predicted octanol–water partition coefficient (Wildman–Crippen LogP) is 2.39. The van der Waals surface area contributed by atoms with E-state index in [9.17, 15) is 9.59 Å². The number of hydrogen-bond donors (Lipinski definition) is 1. The fourth-order valence-corrected chi connectivity index (χ4v) is 2.02. The Morgan fingerprint density at radius 3 is 2.56 bits per heavy atom. The lowest BCUT2D eigenvalue weighted by molar-refractivity contribution is 0.332. The van der Waals surface area contributed by atoms with Crippen molar-refractivity contribution in [2.75, 3.05) is 0 Å². The zero-order valence-corrected chi connectivity index (χ0v) is 11.3. The summed E-state index contributed by atoms with van der Waals surface area (Å²) in [5, 5.41) is 0.967. The molecule has 0 bridgehead atoms. The van der Waals surface area contributed by atoms with Crippen molar-refractivity contribution in [3.63, 3.8) is 0 Å². The number of nitrogens with one attached hydrogen (secondary N) is 1. The average Bonchev–Trinajstić information content (AvgIpc) is 2.22. The molecule has 0 fully saturated rings. The highest BCUT2D eigenvalue weighted by molar-refractivity contribution is 6.31. The molecule has 0 saturated heterocycles. The van der Waals surface area contributed by atoms with Gasteiger partial charge in [0.05, 0.1) is 10.9 Å². The van der Waals surface area contributed by atoms with Crippen LogP contribution in [-0.4, -0.2) is 9.55 Å². The third kappa shape index (κ3) is 2.48. The molecule has 0 atom stereocenters. The second-order valence-electron chi connectivity index (χ2n) is 5.57. The highest BCUT2D eigenvalue weighted by atomic mass is 35.5. The third-order valence-electron chi connectivity index (χ3n) is 2.58. The van der Waals surface area contributed by atoms with Crippen molar-refractivity contribution in [3.05, 3.63) is 44.1 Å². The summed E-state index contributed by atoms with van der Waals surface area (Å²) in [6.07, 6.45) is 0. The zero-order chi connectivity index (χ0) is 13.5. The van der Waals surface area contributed by atoms with Crippen LogP contribution in [0.3, 0.4) is 0 Å². The summed E-state index contributed by atoms with van der Waals surface area (Å²) in [7, 11) is 0. The van der Waals surface area contributed by atoms with Gasteiger partial charge in [-0.3, -0.25) is 9.36 Å². The molecule has 0 radical (unpaired) electrons. The Hall–Kier alpha value is -1.55. The van der Waals surface area contributed by atoms with Gasteiger partial charge in [0.2, 0.25) is 0 Å². The van der Waals surface area contributed by atoms with Crippen molar-refractivity contribution in [1.29, 1.82) is 0 Å². The van der Waals surface area contributed by atoms with Gasteiger partial charge in [0, 0.05) is 11.6 Å². The molecule has 1 heterocycles. The van der Waals surface area contributed by atoms with Gasteiger partial charge in [0.1, 0.15) is 0 Å². The molecule has 5 heteroatoms. The summed E-state index contributed by atoms with van der Waals surface area (Å²) in [5.41, 5.74) is -0.343. The lowest BCUT2D eigenvalue weighted by atomic mass is 9.97. The van der Waals surface area contributed by atoms with Crippen LogP contribution in [-0.2, 0) is 6.54 Å². The average molecular weight is 267 g/mol. The van der Waals surface area contributed by atoms with Crippen LogP contribution < -0.4 is 11.2 Å². The zero-order valence-electron chi connectivity index (χ0n) is 10.6. The van der Waals surface area contributed by atoms with Crippen LogP contribution in [0.15, 0.2) is 27.8 Å². The molecule has 2 aromatic rings. The van der Waals surface area contributed by atoms with E-state index in [2.05, 4.69) is 4.98 Å². The summed E-state index contributed by atoms with van der Waals surface area (Å²) >= 11 is 5.84. The minimum Gasteiger partial charge on any atom is -0.307 e. The highest BCUT2D eigenvalue weighted by Gasteiger charge is 2.15. The van der Waals surface area contributed by atoms with Gasteiger partial charge in [0.25, 0.3) is 5.56 Å². The first-order valence-corrected chi connectivity index (χ1v) is 6.08. The molecule has 0 unspecified atom stereocenters. The van der Waals surface area contributed by atoms with Crippen LogP contribution in [0.5, 0.6) is 0 Å². The van der Waals surface area contributed by atoms with Crippen molar-refractivity contribution in [1.82, 2.24) is 9.55 Å². The Balaban J connectivity index is 2.74. The molecule has 0 aliphatic carbocycles. The third-order valence-corrected chi connectivity index (χ3v) is 2.81. The Kier molecular flexibility index (Phi) is 3.07. The number of fused-ring (bicyclic) bond motifs is 1. The molecule has 18 heavy (non-hydrogen) atoms. The number of nitrogens with zero attached hydrogens (tertiary/aromatic N) is 1. The van der Waals surface area contributed by atoms with Gasteiger partial charge in [0.15, 0.2) is 0 Å². The summed E-state index contributed by atoms with van der Waals surface area (Å²) in [4.78, 5) is 26.8. The van der Waals surface area contributed by atoms with Crippen molar-refractivity contribution in [2.45, 2.75) is 27.3 Å². The first-order chi connectivity index (χ1) is 8.28. The van der Waals surface area contributed by atoms with E-state index in [1.165, 1.54) is 4.57 Å². The van der Waals surface area contributed by atoms with Crippen molar-refractivity contribution in [3.8, 4) is 0 Å². The highest BCUT2D eigenvalue weighted by Crippen LogP contribution is 2.16. The normalized spacial score (nSPS) is 12.0. The SMILES string of the molecule is CC(C)(C)Cn1c(=O)[nH]c2cc(Cl)ccc2c1=O. The van der Waals surface area contributed by atoms with Gasteiger partial charge in [-0.2, -0.15) is 0 Å². The lowest BCUT2D eigenvalue weighted by Crippen LogP contribution is -2.38. The number of hydrogen-bond acceptors (Lipinski definition) is 2. The van der Waals surface area contributed by atoms with Crippen LogP contribution in [0.2, 0.25) is 5.02 Å². The van der Waals surface area contributed by atoms with Crippen LogP contribution in [0.1, 0.15) is 20.8 Å². The van der Waals surface area contributed by atoms with E-state index in [0.717, 1.165) is 0 Å². The van der Waals surface area contributed by atoms with Crippen LogP contribution in [0.25, 0.3) is 10.9 Å². The number of aromatic amines is 1. The van der Waals surface area contributed by atoms with Crippen molar-refractivity contribution < 1.29 is 0 Å². The number of halogens is 1. The molecule has 1 N–H and O–H groups in total. The second kappa shape index (κ2) is 4.28. The maximum Gasteiger partial charge on any atom is 0.328 e. The number of aromatic nitrogens is 2. The second-order valence-corrected chi connectivity index (χ2v) is 6.01. The van der Waals surface area contributed by atoms with E-state index < -0.39 is 5.69 Å². The quantitative estimate of drug-likeness (QED) is 0.862. The first kappa shape index (κ1) is 12.9. The van der Waals surface area contributed by atoms with Gasteiger partial charge in [-0.05, 0) is 23.6 Å². The summed E-state index contributed by atoms with van der Waals surface area (Å²) < 4.78 is 1.23.